The van der Waals surface area contributed by atoms with Crippen molar-refractivity contribution in [2.45, 2.75) is 13.8 Å². The monoisotopic (exact) mass is 264 g/mol. The second-order valence-electron chi connectivity index (χ2n) is 5.12. The van der Waals surface area contributed by atoms with Crippen molar-refractivity contribution in [3.8, 4) is 11.4 Å². The Morgan fingerprint density at radius 3 is 2.65 bits per heavy atom. The average Bonchev–Trinajstić information content (AvgIpc) is 2.76. The zero-order valence-electron chi connectivity index (χ0n) is 11.8. The van der Waals surface area contributed by atoms with E-state index in [0.29, 0.717) is 0 Å². The first kappa shape index (κ1) is 12.6. The molecule has 100 valence electrons. The molecule has 0 unspecified atom stereocenters. The maximum absolute atomic E-state index is 11.5. The van der Waals surface area contributed by atoms with E-state index in [0.717, 1.165) is 28.0 Å². The van der Waals surface area contributed by atoms with Gasteiger partial charge in [0, 0.05) is 18.2 Å². The van der Waals surface area contributed by atoms with Crippen LogP contribution in [0.15, 0.2) is 42.5 Å². The van der Waals surface area contributed by atoms with Gasteiger partial charge < -0.3 is 4.57 Å². The summed E-state index contributed by atoms with van der Waals surface area (Å²) in [5.41, 5.74) is 4.91. The summed E-state index contributed by atoms with van der Waals surface area (Å²) >= 11 is 0. The fourth-order valence-corrected chi connectivity index (χ4v) is 2.45. The van der Waals surface area contributed by atoms with Crippen molar-refractivity contribution in [3.63, 3.8) is 0 Å². The Bertz CT molecular complexity index is 815. The Balaban J connectivity index is 2.23. The van der Waals surface area contributed by atoms with Gasteiger partial charge in [-0.1, -0.05) is 23.8 Å². The molecule has 0 atom stereocenters. The van der Waals surface area contributed by atoms with Crippen molar-refractivity contribution in [1.29, 1.82) is 0 Å². The van der Waals surface area contributed by atoms with Gasteiger partial charge in [0.25, 0.3) is 0 Å². The molecule has 0 bridgehead atoms. The Hall–Kier alpha value is -2.42. The van der Waals surface area contributed by atoms with Gasteiger partial charge in [0.1, 0.15) is 5.82 Å². The van der Waals surface area contributed by atoms with Crippen LogP contribution < -0.4 is 0 Å². The van der Waals surface area contributed by atoms with E-state index in [-0.39, 0.29) is 5.78 Å². The third kappa shape index (κ3) is 2.01. The maximum atomic E-state index is 11.5. The number of aromatic nitrogens is 2. The lowest BCUT2D eigenvalue weighted by atomic mass is 10.1. The molecular formula is C17H16N2O. The molecule has 3 aromatic rings. The van der Waals surface area contributed by atoms with Gasteiger partial charge in [-0.05, 0) is 38.1 Å². The highest BCUT2D eigenvalue weighted by atomic mass is 16.1. The quantitative estimate of drug-likeness (QED) is 0.661. The van der Waals surface area contributed by atoms with Gasteiger partial charge in [-0.15, -0.1) is 0 Å². The lowest BCUT2D eigenvalue weighted by molar-refractivity contribution is 0.101. The number of hydrogen-bond donors (Lipinski definition) is 0. The molecule has 0 N–H and O–H groups in total. The number of Topliss-reactive ketones (excluding diaryl/α,β-unsaturated/α-hetero) is 1. The molecular weight excluding hydrogens is 248 g/mol. The Morgan fingerprint density at radius 2 is 1.95 bits per heavy atom. The highest BCUT2D eigenvalue weighted by molar-refractivity contribution is 5.97. The number of rotatable bonds is 2. The lowest BCUT2D eigenvalue weighted by Gasteiger charge is -2.03. The maximum Gasteiger partial charge on any atom is 0.159 e. The standard InChI is InChI=1S/C17H16N2O/c1-11-5-4-6-14(9-11)17-18-15-8-7-13(12(2)20)10-16(15)19(17)3/h4-10H,1-3H3. The van der Waals surface area contributed by atoms with E-state index in [1.165, 1.54) is 5.56 Å². The fourth-order valence-electron chi connectivity index (χ4n) is 2.45. The zero-order chi connectivity index (χ0) is 14.3. The Kier molecular flexibility index (Phi) is 2.90. The molecule has 0 aliphatic rings. The van der Waals surface area contributed by atoms with Crippen LogP contribution in [0, 0.1) is 6.92 Å². The molecule has 0 saturated carbocycles. The molecule has 0 aliphatic heterocycles. The van der Waals surface area contributed by atoms with E-state index in [1.807, 2.05) is 35.9 Å². The topological polar surface area (TPSA) is 34.9 Å². The number of ketones is 1. The van der Waals surface area contributed by atoms with Crippen molar-refractivity contribution in [1.82, 2.24) is 9.55 Å². The van der Waals surface area contributed by atoms with Gasteiger partial charge in [-0.2, -0.15) is 0 Å². The third-order valence-electron chi connectivity index (χ3n) is 3.56. The smallest absolute Gasteiger partial charge is 0.159 e. The van der Waals surface area contributed by atoms with Gasteiger partial charge in [-0.3, -0.25) is 4.79 Å². The zero-order valence-corrected chi connectivity index (χ0v) is 11.8. The molecule has 20 heavy (non-hydrogen) atoms. The highest BCUT2D eigenvalue weighted by Gasteiger charge is 2.11. The van der Waals surface area contributed by atoms with Crippen molar-refractivity contribution < 1.29 is 4.79 Å². The van der Waals surface area contributed by atoms with E-state index in [4.69, 9.17) is 0 Å². The minimum Gasteiger partial charge on any atom is -0.327 e. The van der Waals surface area contributed by atoms with Crippen molar-refractivity contribution in [2.75, 3.05) is 0 Å². The summed E-state index contributed by atoms with van der Waals surface area (Å²) in [4.78, 5) is 16.2. The van der Waals surface area contributed by atoms with Gasteiger partial charge in [0.2, 0.25) is 0 Å². The van der Waals surface area contributed by atoms with E-state index in [9.17, 15) is 4.79 Å². The summed E-state index contributed by atoms with van der Waals surface area (Å²) in [5.74, 6) is 0.995. The predicted molar refractivity (Wildman–Crippen MR) is 80.9 cm³/mol. The van der Waals surface area contributed by atoms with Gasteiger partial charge >= 0.3 is 0 Å². The number of carbonyl (C=O) groups excluding carboxylic acids is 1. The SMILES string of the molecule is CC(=O)c1ccc2nc(-c3cccc(C)c3)n(C)c2c1. The molecule has 0 aliphatic carbocycles. The first-order valence-corrected chi connectivity index (χ1v) is 6.61. The predicted octanol–water partition coefficient (Wildman–Crippen LogP) is 3.75. The first-order chi connectivity index (χ1) is 9.56. The number of benzene rings is 2. The number of imidazole rings is 1. The number of carbonyl (C=O) groups is 1. The molecule has 3 rings (SSSR count). The van der Waals surface area contributed by atoms with Crippen LogP contribution in [0.4, 0.5) is 0 Å². The Labute approximate surface area is 117 Å². The minimum absolute atomic E-state index is 0.0743. The lowest BCUT2D eigenvalue weighted by Crippen LogP contribution is -1.95. The largest absolute Gasteiger partial charge is 0.327 e. The second kappa shape index (κ2) is 4.60. The van der Waals surface area contributed by atoms with Crippen LogP contribution in [0.3, 0.4) is 0 Å². The normalized spacial score (nSPS) is 10.9. The average molecular weight is 264 g/mol. The number of hydrogen-bond acceptors (Lipinski definition) is 2. The van der Waals surface area contributed by atoms with Gasteiger partial charge in [-0.25, -0.2) is 4.98 Å². The summed E-state index contributed by atoms with van der Waals surface area (Å²) in [5, 5.41) is 0. The number of aryl methyl sites for hydroxylation is 2. The van der Waals surface area contributed by atoms with E-state index >= 15 is 0 Å². The molecule has 1 aromatic heterocycles. The number of fused-ring (bicyclic) bond motifs is 1. The van der Waals surface area contributed by atoms with Gasteiger partial charge in [0.15, 0.2) is 5.78 Å². The molecule has 3 nitrogen and oxygen atoms in total. The van der Waals surface area contributed by atoms with Crippen LogP contribution >= 0.6 is 0 Å². The fraction of sp³-hybridized carbons (Fsp3) is 0.176. The molecule has 2 aromatic carbocycles. The molecule has 0 spiro atoms. The second-order valence-corrected chi connectivity index (χ2v) is 5.12. The summed E-state index contributed by atoms with van der Waals surface area (Å²) in [7, 11) is 1.98. The third-order valence-corrected chi connectivity index (χ3v) is 3.56. The van der Waals surface area contributed by atoms with E-state index < -0.39 is 0 Å². The Morgan fingerprint density at radius 1 is 1.15 bits per heavy atom. The van der Waals surface area contributed by atoms with Crippen LogP contribution in [-0.4, -0.2) is 15.3 Å². The summed E-state index contributed by atoms with van der Waals surface area (Å²) < 4.78 is 2.04. The van der Waals surface area contributed by atoms with Gasteiger partial charge in [0.05, 0.1) is 11.0 Å². The summed E-state index contributed by atoms with van der Waals surface area (Å²) in [6, 6.07) is 13.9. The highest BCUT2D eigenvalue weighted by Crippen LogP contribution is 2.25. The molecule has 1 heterocycles. The van der Waals surface area contributed by atoms with Crippen molar-refractivity contribution in [2.24, 2.45) is 7.05 Å². The molecule has 0 saturated heterocycles. The summed E-state index contributed by atoms with van der Waals surface area (Å²) in [6.45, 7) is 3.65. The molecule has 0 amide bonds. The number of nitrogens with zero attached hydrogens (tertiary/aromatic N) is 2. The summed E-state index contributed by atoms with van der Waals surface area (Å²) in [6.07, 6.45) is 0. The molecule has 0 radical (unpaired) electrons. The van der Waals surface area contributed by atoms with Crippen LogP contribution in [0.2, 0.25) is 0 Å². The van der Waals surface area contributed by atoms with Crippen LogP contribution in [-0.2, 0) is 7.05 Å². The van der Waals surface area contributed by atoms with Crippen LogP contribution in [0.5, 0.6) is 0 Å². The van der Waals surface area contributed by atoms with Crippen LogP contribution in [0.1, 0.15) is 22.8 Å². The van der Waals surface area contributed by atoms with Crippen LogP contribution in [0.25, 0.3) is 22.4 Å². The minimum atomic E-state index is 0.0743. The molecule has 3 heteroatoms. The van der Waals surface area contributed by atoms with Crippen molar-refractivity contribution >= 4 is 16.8 Å². The molecule has 0 fully saturated rings. The van der Waals surface area contributed by atoms with E-state index in [2.05, 4.69) is 30.1 Å². The first-order valence-electron chi connectivity index (χ1n) is 6.61. The van der Waals surface area contributed by atoms with Crippen molar-refractivity contribution in [3.05, 3.63) is 53.6 Å². The van der Waals surface area contributed by atoms with E-state index in [1.54, 1.807) is 6.92 Å².